The minimum Gasteiger partial charge on any atom is -0.341 e. The van der Waals surface area contributed by atoms with E-state index in [0.29, 0.717) is 17.4 Å². The van der Waals surface area contributed by atoms with Crippen LogP contribution in [0, 0.1) is 11.3 Å². The minimum absolute atomic E-state index is 0.199. The lowest BCUT2D eigenvalue weighted by Crippen LogP contribution is -2.51. The van der Waals surface area contributed by atoms with Gasteiger partial charge in [-0.3, -0.25) is 4.79 Å². The number of likely N-dealkylation sites (tertiary alicyclic amines) is 1. The molecule has 0 saturated carbocycles. The van der Waals surface area contributed by atoms with Crippen molar-refractivity contribution in [3.63, 3.8) is 0 Å². The van der Waals surface area contributed by atoms with E-state index < -0.39 is 0 Å². The zero-order valence-electron chi connectivity index (χ0n) is 14.4. The molecule has 0 spiro atoms. The molecule has 1 N–H and O–H groups in total. The van der Waals surface area contributed by atoms with Crippen molar-refractivity contribution >= 4 is 5.91 Å². The van der Waals surface area contributed by atoms with Crippen molar-refractivity contribution in [2.45, 2.75) is 53.1 Å². The van der Waals surface area contributed by atoms with E-state index in [1.54, 1.807) is 6.92 Å². The lowest BCUT2D eigenvalue weighted by Gasteiger charge is -2.40. The quantitative estimate of drug-likeness (QED) is 0.924. The highest BCUT2D eigenvalue weighted by Crippen LogP contribution is 2.30. The van der Waals surface area contributed by atoms with Crippen LogP contribution in [0.4, 0.5) is 0 Å². The van der Waals surface area contributed by atoms with Gasteiger partial charge in [0.15, 0.2) is 0 Å². The molecule has 1 fully saturated rings. The van der Waals surface area contributed by atoms with E-state index in [1.165, 1.54) is 12.0 Å². The van der Waals surface area contributed by atoms with Crippen LogP contribution in [0.25, 0.3) is 0 Å². The van der Waals surface area contributed by atoms with Crippen LogP contribution in [0.5, 0.6) is 0 Å². The van der Waals surface area contributed by atoms with Gasteiger partial charge in [-0.25, -0.2) is 0 Å². The summed E-state index contributed by atoms with van der Waals surface area (Å²) in [6.07, 6.45) is 2.33. The second-order valence-corrected chi connectivity index (χ2v) is 7.85. The van der Waals surface area contributed by atoms with Crippen LogP contribution in [0.2, 0.25) is 0 Å². The van der Waals surface area contributed by atoms with E-state index in [0.717, 1.165) is 26.1 Å². The van der Waals surface area contributed by atoms with Gasteiger partial charge in [-0.15, -0.1) is 0 Å². The van der Waals surface area contributed by atoms with E-state index in [2.05, 4.69) is 50.4 Å². The van der Waals surface area contributed by atoms with Crippen molar-refractivity contribution in [3.05, 3.63) is 35.9 Å². The monoisotopic (exact) mass is 302 g/mol. The molecule has 1 aliphatic rings. The molecule has 3 heteroatoms. The highest BCUT2D eigenvalue weighted by Gasteiger charge is 2.30. The standard InChI is InChI=1S/C19H30N2O/c1-15(22)21-13-17(11-19(2,3)4)10-18(14-21)20-12-16-8-6-5-7-9-16/h5-9,17-18,20H,10-14H2,1-4H3. The second kappa shape index (κ2) is 7.28. The number of rotatable bonds is 4. The van der Waals surface area contributed by atoms with Gasteiger partial charge >= 0.3 is 0 Å². The van der Waals surface area contributed by atoms with E-state index in [1.807, 2.05) is 11.0 Å². The van der Waals surface area contributed by atoms with Gasteiger partial charge in [-0.2, -0.15) is 0 Å². The summed E-state index contributed by atoms with van der Waals surface area (Å²) in [5.41, 5.74) is 1.61. The molecular weight excluding hydrogens is 272 g/mol. The fraction of sp³-hybridized carbons (Fsp3) is 0.632. The number of hydrogen-bond donors (Lipinski definition) is 1. The van der Waals surface area contributed by atoms with Crippen LogP contribution >= 0.6 is 0 Å². The zero-order chi connectivity index (χ0) is 16.2. The molecule has 2 unspecified atom stereocenters. The maximum atomic E-state index is 11.8. The average Bonchev–Trinajstić information content (AvgIpc) is 2.44. The predicted octanol–water partition coefficient (Wildman–Crippen LogP) is 3.45. The number of nitrogens with one attached hydrogen (secondary N) is 1. The molecule has 1 amide bonds. The summed E-state index contributed by atoms with van der Waals surface area (Å²) in [5, 5.41) is 3.64. The molecule has 122 valence electrons. The first-order chi connectivity index (χ1) is 10.3. The summed E-state index contributed by atoms with van der Waals surface area (Å²) in [5.74, 6) is 0.788. The lowest BCUT2D eigenvalue weighted by molar-refractivity contribution is -0.131. The molecule has 0 bridgehead atoms. The molecule has 1 aliphatic heterocycles. The van der Waals surface area contributed by atoms with Crippen LogP contribution in [0.1, 0.15) is 46.1 Å². The van der Waals surface area contributed by atoms with Crippen molar-refractivity contribution in [3.8, 4) is 0 Å². The fourth-order valence-electron chi connectivity index (χ4n) is 3.48. The number of benzene rings is 1. The summed E-state index contributed by atoms with van der Waals surface area (Å²) >= 11 is 0. The molecule has 1 saturated heterocycles. The summed E-state index contributed by atoms with van der Waals surface area (Å²) in [7, 11) is 0. The van der Waals surface area contributed by atoms with Gasteiger partial charge in [-0.05, 0) is 29.7 Å². The number of piperidine rings is 1. The Morgan fingerprint density at radius 2 is 1.91 bits per heavy atom. The van der Waals surface area contributed by atoms with Gasteiger partial charge in [0.1, 0.15) is 0 Å². The molecule has 1 aromatic carbocycles. The topological polar surface area (TPSA) is 32.3 Å². The number of nitrogens with zero attached hydrogens (tertiary/aromatic N) is 1. The van der Waals surface area contributed by atoms with E-state index in [9.17, 15) is 4.79 Å². The molecule has 1 heterocycles. The molecule has 0 radical (unpaired) electrons. The number of carbonyl (C=O) groups excluding carboxylic acids is 1. The Hall–Kier alpha value is -1.35. The van der Waals surface area contributed by atoms with Gasteiger partial charge in [0, 0.05) is 32.6 Å². The van der Waals surface area contributed by atoms with Crippen LogP contribution in [0.15, 0.2) is 30.3 Å². The fourth-order valence-corrected chi connectivity index (χ4v) is 3.48. The first-order valence-electron chi connectivity index (χ1n) is 8.36. The largest absolute Gasteiger partial charge is 0.341 e. The van der Waals surface area contributed by atoms with Crippen molar-refractivity contribution < 1.29 is 4.79 Å². The number of carbonyl (C=O) groups is 1. The third kappa shape index (κ3) is 5.45. The maximum absolute atomic E-state index is 11.8. The molecule has 0 aromatic heterocycles. The van der Waals surface area contributed by atoms with Crippen LogP contribution in [-0.2, 0) is 11.3 Å². The normalized spacial score (nSPS) is 22.6. The van der Waals surface area contributed by atoms with Crippen molar-refractivity contribution in [2.75, 3.05) is 13.1 Å². The van der Waals surface area contributed by atoms with Gasteiger partial charge in [0.25, 0.3) is 0 Å². The molecular formula is C19H30N2O. The highest BCUT2D eigenvalue weighted by atomic mass is 16.2. The first kappa shape index (κ1) is 17.0. The third-order valence-corrected chi connectivity index (χ3v) is 4.32. The number of amides is 1. The zero-order valence-corrected chi connectivity index (χ0v) is 14.4. The Bertz CT molecular complexity index is 478. The van der Waals surface area contributed by atoms with Crippen molar-refractivity contribution in [1.29, 1.82) is 0 Å². The molecule has 2 rings (SSSR count). The Labute approximate surface area is 135 Å². The Balaban J connectivity index is 1.95. The molecule has 2 atom stereocenters. The second-order valence-electron chi connectivity index (χ2n) is 7.85. The van der Waals surface area contributed by atoms with Crippen LogP contribution < -0.4 is 5.32 Å². The molecule has 1 aromatic rings. The minimum atomic E-state index is 0.199. The van der Waals surface area contributed by atoms with E-state index in [4.69, 9.17) is 0 Å². The van der Waals surface area contributed by atoms with Gasteiger partial charge in [0.05, 0.1) is 0 Å². The average molecular weight is 302 g/mol. The summed E-state index contributed by atoms with van der Waals surface area (Å²) in [6, 6.07) is 10.9. The summed E-state index contributed by atoms with van der Waals surface area (Å²) < 4.78 is 0. The molecule has 0 aliphatic carbocycles. The van der Waals surface area contributed by atoms with Crippen molar-refractivity contribution in [1.82, 2.24) is 10.2 Å². The molecule has 3 nitrogen and oxygen atoms in total. The van der Waals surface area contributed by atoms with Crippen LogP contribution in [-0.4, -0.2) is 29.9 Å². The first-order valence-corrected chi connectivity index (χ1v) is 8.36. The van der Waals surface area contributed by atoms with Gasteiger partial charge in [0.2, 0.25) is 5.91 Å². The SMILES string of the molecule is CC(=O)N1CC(CC(C)(C)C)CC(NCc2ccccc2)C1. The predicted molar refractivity (Wildman–Crippen MR) is 91.5 cm³/mol. The highest BCUT2D eigenvalue weighted by molar-refractivity contribution is 5.73. The maximum Gasteiger partial charge on any atom is 0.219 e. The van der Waals surface area contributed by atoms with E-state index >= 15 is 0 Å². The Kier molecular flexibility index (Phi) is 5.63. The lowest BCUT2D eigenvalue weighted by atomic mass is 9.80. The Morgan fingerprint density at radius 3 is 2.50 bits per heavy atom. The third-order valence-electron chi connectivity index (χ3n) is 4.32. The van der Waals surface area contributed by atoms with Gasteiger partial charge < -0.3 is 10.2 Å². The summed E-state index contributed by atoms with van der Waals surface area (Å²) in [4.78, 5) is 13.8. The summed E-state index contributed by atoms with van der Waals surface area (Å²) in [6.45, 7) is 11.2. The van der Waals surface area contributed by atoms with Crippen LogP contribution in [0.3, 0.4) is 0 Å². The number of hydrogen-bond acceptors (Lipinski definition) is 2. The van der Waals surface area contributed by atoms with E-state index in [-0.39, 0.29) is 5.91 Å². The van der Waals surface area contributed by atoms with Gasteiger partial charge in [-0.1, -0.05) is 51.1 Å². The van der Waals surface area contributed by atoms with Crippen molar-refractivity contribution in [2.24, 2.45) is 11.3 Å². The smallest absolute Gasteiger partial charge is 0.219 e. The Morgan fingerprint density at radius 1 is 1.23 bits per heavy atom. The molecule has 22 heavy (non-hydrogen) atoms.